The van der Waals surface area contributed by atoms with E-state index in [4.69, 9.17) is 4.42 Å². The van der Waals surface area contributed by atoms with Crippen molar-refractivity contribution in [3.8, 4) is 0 Å². The lowest BCUT2D eigenvalue weighted by Gasteiger charge is -2.12. The SMILES string of the molecule is Cc1cc2oc(=O)cc(CSc3n[nH]c(CC4CCCC4)n3)c2cc1C(C)C. The molecule has 0 saturated heterocycles. The molecule has 1 aliphatic rings. The van der Waals surface area contributed by atoms with E-state index >= 15 is 0 Å². The van der Waals surface area contributed by atoms with Gasteiger partial charge in [-0.25, -0.2) is 9.78 Å². The van der Waals surface area contributed by atoms with E-state index in [9.17, 15) is 4.79 Å². The Bertz CT molecular complexity index is 1030. The van der Waals surface area contributed by atoms with Crippen LogP contribution < -0.4 is 5.63 Å². The molecule has 6 heteroatoms. The van der Waals surface area contributed by atoms with E-state index in [2.05, 4.69) is 42.0 Å². The summed E-state index contributed by atoms with van der Waals surface area (Å²) >= 11 is 1.56. The summed E-state index contributed by atoms with van der Waals surface area (Å²) in [6.07, 6.45) is 6.26. The van der Waals surface area contributed by atoms with Gasteiger partial charge in [0.1, 0.15) is 11.4 Å². The average Bonchev–Trinajstić information content (AvgIpc) is 3.31. The number of rotatable bonds is 6. The van der Waals surface area contributed by atoms with Crippen LogP contribution in [0.25, 0.3) is 11.0 Å². The topological polar surface area (TPSA) is 71.8 Å². The molecule has 1 aromatic carbocycles. The van der Waals surface area contributed by atoms with Crippen molar-refractivity contribution in [1.82, 2.24) is 15.2 Å². The summed E-state index contributed by atoms with van der Waals surface area (Å²) in [6, 6.07) is 5.74. The molecular weight excluding hydrogens is 370 g/mol. The molecule has 0 unspecified atom stereocenters. The van der Waals surface area contributed by atoms with E-state index in [0.717, 1.165) is 39.8 Å². The minimum Gasteiger partial charge on any atom is -0.423 e. The summed E-state index contributed by atoms with van der Waals surface area (Å²) in [4.78, 5) is 16.7. The zero-order valence-corrected chi connectivity index (χ0v) is 17.6. The highest BCUT2D eigenvalue weighted by molar-refractivity contribution is 7.98. The van der Waals surface area contributed by atoms with Crippen molar-refractivity contribution in [2.45, 2.75) is 69.7 Å². The molecule has 0 amide bonds. The molecule has 0 atom stereocenters. The highest BCUT2D eigenvalue weighted by Gasteiger charge is 2.18. The van der Waals surface area contributed by atoms with Gasteiger partial charge in [-0.1, -0.05) is 51.3 Å². The number of benzene rings is 1. The second kappa shape index (κ2) is 8.11. The molecule has 148 valence electrons. The van der Waals surface area contributed by atoms with Crippen LogP contribution in [0.1, 0.15) is 68.0 Å². The molecular formula is C22H27N3O2S. The van der Waals surface area contributed by atoms with Gasteiger partial charge in [0.2, 0.25) is 5.16 Å². The van der Waals surface area contributed by atoms with Gasteiger partial charge >= 0.3 is 5.63 Å². The normalized spacial score (nSPS) is 15.1. The van der Waals surface area contributed by atoms with Crippen LogP contribution in [0, 0.1) is 12.8 Å². The van der Waals surface area contributed by atoms with Gasteiger partial charge in [0, 0.05) is 23.6 Å². The van der Waals surface area contributed by atoms with Crippen molar-refractivity contribution < 1.29 is 4.42 Å². The van der Waals surface area contributed by atoms with Gasteiger partial charge in [0.15, 0.2) is 0 Å². The highest BCUT2D eigenvalue weighted by atomic mass is 32.2. The first-order valence-corrected chi connectivity index (χ1v) is 11.1. The quantitative estimate of drug-likeness (QED) is 0.447. The Morgan fingerprint density at radius 2 is 2.04 bits per heavy atom. The monoisotopic (exact) mass is 397 g/mol. The van der Waals surface area contributed by atoms with Crippen LogP contribution in [0.2, 0.25) is 0 Å². The molecule has 5 nitrogen and oxygen atoms in total. The fourth-order valence-corrected chi connectivity index (χ4v) is 5.01. The standard InChI is InChI=1S/C22H27N3O2S/c1-13(2)17-11-18-16(10-21(26)27-19(18)8-14(17)3)12-28-22-23-20(24-25-22)9-15-6-4-5-7-15/h8,10-11,13,15H,4-7,9,12H2,1-3H3,(H,23,24,25). The number of hydrogen-bond donors (Lipinski definition) is 1. The van der Waals surface area contributed by atoms with E-state index in [-0.39, 0.29) is 5.63 Å². The Hall–Kier alpha value is -2.08. The van der Waals surface area contributed by atoms with E-state index in [1.165, 1.54) is 31.2 Å². The molecule has 0 aliphatic heterocycles. The van der Waals surface area contributed by atoms with Crippen LogP contribution in [0.4, 0.5) is 0 Å². The van der Waals surface area contributed by atoms with Gasteiger partial charge in [-0.3, -0.25) is 5.10 Å². The first-order valence-electron chi connectivity index (χ1n) is 10.1. The first-order chi connectivity index (χ1) is 13.5. The maximum atomic E-state index is 12.0. The number of aryl methyl sites for hydroxylation is 1. The summed E-state index contributed by atoms with van der Waals surface area (Å²) in [6.45, 7) is 6.43. The Kier molecular flexibility index (Phi) is 5.58. The third-order valence-electron chi connectivity index (χ3n) is 5.66. The lowest BCUT2D eigenvalue weighted by molar-refractivity contribution is 0.531. The van der Waals surface area contributed by atoms with E-state index in [1.54, 1.807) is 17.8 Å². The number of nitrogens with zero attached hydrogens (tertiary/aromatic N) is 2. The lowest BCUT2D eigenvalue weighted by atomic mass is 9.95. The molecule has 0 bridgehead atoms. The fraction of sp³-hybridized carbons (Fsp3) is 0.500. The number of aromatic amines is 1. The molecule has 1 fully saturated rings. The summed E-state index contributed by atoms with van der Waals surface area (Å²) in [5.74, 6) is 2.78. The number of H-pyrrole nitrogens is 1. The molecule has 1 saturated carbocycles. The number of thioether (sulfide) groups is 1. The van der Waals surface area contributed by atoms with Crippen LogP contribution in [0.3, 0.4) is 0 Å². The molecule has 1 N–H and O–H groups in total. The molecule has 2 heterocycles. The molecule has 1 aliphatic carbocycles. The maximum Gasteiger partial charge on any atom is 0.336 e. The molecule has 0 radical (unpaired) electrons. The van der Waals surface area contributed by atoms with Crippen LogP contribution in [-0.2, 0) is 12.2 Å². The smallest absolute Gasteiger partial charge is 0.336 e. The summed E-state index contributed by atoms with van der Waals surface area (Å²) in [5.41, 5.74) is 3.75. The predicted molar refractivity (Wildman–Crippen MR) is 113 cm³/mol. The van der Waals surface area contributed by atoms with Crippen LogP contribution in [0.5, 0.6) is 0 Å². The zero-order chi connectivity index (χ0) is 19.7. The lowest BCUT2D eigenvalue weighted by Crippen LogP contribution is -2.02. The third kappa shape index (κ3) is 4.17. The third-order valence-corrected chi connectivity index (χ3v) is 6.56. The van der Waals surface area contributed by atoms with Crippen LogP contribution in [0.15, 0.2) is 32.6 Å². The average molecular weight is 398 g/mol. The zero-order valence-electron chi connectivity index (χ0n) is 16.7. The Balaban J connectivity index is 1.55. The summed E-state index contributed by atoms with van der Waals surface area (Å²) < 4.78 is 5.45. The molecule has 3 aromatic rings. The van der Waals surface area contributed by atoms with Crippen molar-refractivity contribution >= 4 is 22.7 Å². The van der Waals surface area contributed by atoms with Crippen molar-refractivity contribution in [3.05, 3.63) is 51.1 Å². The highest BCUT2D eigenvalue weighted by Crippen LogP contribution is 2.30. The van der Waals surface area contributed by atoms with Crippen molar-refractivity contribution in [3.63, 3.8) is 0 Å². The van der Waals surface area contributed by atoms with Gasteiger partial charge in [0.25, 0.3) is 0 Å². The Labute approximate surface area is 169 Å². The van der Waals surface area contributed by atoms with Crippen LogP contribution in [-0.4, -0.2) is 15.2 Å². The minimum absolute atomic E-state index is 0.309. The molecule has 28 heavy (non-hydrogen) atoms. The number of nitrogens with one attached hydrogen (secondary N) is 1. The largest absolute Gasteiger partial charge is 0.423 e. The molecule has 2 aromatic heterocycles. The number of hydrogen-bond acceptors (Lipinski definition) is 5. The van der Waals surface area contributed by atoms with Crippen LogP contribution >= 0.6 is 11.8 Å². The summed E-state index contributed by atoms with van der Waals surface area (Å²) in [5, 5.41) is 9.19. The molecule has 0 spiro atoms. The maximum absolute atomic E-state index is 12.0. The van der Waals surface area contributed by atoms with Gasteiger partial charge in [-0.05, 0) is 47.6 Å². The second-order valence-electron chi connectivity index (χ2n) is 8.16. The van der Waals surface area contributed by atoms with E-state index in [0.29, 0.717) is 17.3 Å². The van der Waals surface area contributed by atoms with Gasteiger partial charge in [0.05, 0.1) is 0 Å². The van der Waals surface area contributed by atoms with E-state index < -0.39 is 0 Å². The van der Waals surface area contributed by atoms with Crippen molar-refractivity contribution in [2.75, 3.05) is 0 Å². The minimum atomic E-state index is -0.309. The number of aromatic nitrogens is 3. The van der Waals surface area contributed by atoms with Gasteiger partial charge in [-0.15, -0.1) is 5.10 Å². The fourth-order valence-electron chi connectivity index (χ4n) is 4.20. The Morgan fingerprint density at radius 3 is 2.79 bits per heavy atom. The predicted octanol–water partition coefficient (Wildman–Crippen LogP) is 5.37. The van der Waals surface area contributed by atoms with Gasteiger partial charge < -0.3 is 4.42 Å². The Morgan fingerprint density at radius 1 is 1.25 bits per heavy atom. The molecule has 4 rings (SSSR count). The van der Waals surface area contributed by atoms with E-state index in [1.807, 2.05) is 6.07 Å². The number of fused-ring (bicyclic) bond motifs is 1. The first kappa shape index (κ1) is 19.2. The van der Waals surface area contributed by atoms with Crippen molar-refractivity contribution in [2.24, 2.45) is 5.92 Å². The second-order valence-corrected chi connectivity index (χ2v) is 9.10. The van der Waals surface area contributed by atoms with Gasteiger partial charge in [-0.2, -0.15) is 0 Å². The summed E-state index contributed by atoms with van der Waals surface area (Å²) in [7, 11) is 0. The van der Waals surface area contributed by atoms with Crippen molar-refractivity contribution in [1.29, 1.82) is 0 Å².